The molecule has 0 aromatic rings. The van der Waals surface area contributed by atoms with Crippen LogP contribution in [0.15, 0.2) is 0 Å². The molecule has 1 aliphatic heterocycles. The molecule has 1 fully saturated rings. The molecule has 0 aromatic heterocycles. The second kappa shape index (κ2) is 8.66. The van der Waals surface area contributed by atoms with E-state index in [9.17, 15) is 4.79 Å². The SMILES string of the molecule is O=CC1CCCCCCCCCSS1. The van der Waals surface area contributed by atoms with Crippen LogP contribution < -0.4 is 0 Å². The monoisotopic (exact) mass is 232 g/mol. The van der Waals surface area contributed by atoms with E-state index in [2.05, 4.69) is 0 Å². The third-order valence-electron chi connectivity index (χ3n) is 2.56. The third kappa shape index (κ3) is 5.97. The topological polar surface area (TPSA) is 17.1 Å². The molecule has 1 heterocycles. The summed E-state index contributed by atoms with van der Waals surface area (Å²) in [6.45, 7) is 0. The number of hydrogen-bond donors (Lipinski definition) is 0. The maximum Gasteiger partial charge on any atom is 0.133 e. The standard InChI is InChI=1S/C11H20OS2/c12-10-11-8-6-4-2-1-3-5-7-9-13-14-11/h10-11H,1-9H2. The van der Waals surface area contributed by atoms with E-state index < -0.39 is 0 Å². The molecular weight excluding hydrogens is 212 g/mol. The van der Waals surface area contributed by atoms with Crippen molar-refractivity contribution >= 4 is 27.9 Å². The number of hydrogen-bond acceptors (Lipinski definition) is 3. The van der Waals surface area contributed by atoms with Gasteiger partial charge in [-0.05, 0) is 12.8 Å². The lowest BCUT2D eigenvalue weighted by molar-refractivity contribution is -0.107. The van der Waals surface area contributed by atoms with Crippen LogP contribution in [0.4, 0.5) is 0 Å². The second-order valence-corrected chi connectivity index (χ2v) is 6.58. The van der Waals surface area contributed by atoms with Crippen molar-refractivity contribution in [2.75, 3.05) is 5.75 Å². The van der Waals surface area contributed by atoms with Crippen molar-refractivity contribution in [3.63, 3.8) is 0 Å². The molecule has 1 rings (SSSR count). The molecule has 0 amide bonds. The van der Waals surface area contributed by atoms with Gasteiger partial charge in [0.1, 0.15) is 6.29 Å². The minimum atomic E-state index is 0.249. The van der Waals surface area contributed by atoms with Gasteiger partial charge in [0, 0.05) is 5.75 Å². The maximum atomic E-state index is 10.7. The smallest absolute Gasteiger partial charge is 0.133 e. The van der Waals surface area contributed by atoms with Crippen LogP contribution in [0.25, 0.3) is 0 Å². The summed E-state index contributed by atoms with van der Waals surface area (Å²) in [6, 6.07) is 0. The molecule has 1 atom stereocenters. The van der Waals surface area contributed by atoms with Gasteiger partial charge in [-0.2, -0.15) is 0 Å². The minimum absolute atomic E-state index is 0.249. The molecule has 1 nitrogen and oxygen atoms in total. The van der Waals surface area contributed by atoms with Gasteiger partial charge in [-0.15, -0.1) is 0 Å². The van der Waals surface area contributed by atoms with E-state index in [1.807, 2.05) is 10.8 Å². The van der Waals surface area contributed by atoms with Crippen molar-refractivity contribution in [3.05, 3.63) is 0 Å². The number of carbonyl (C=O) groups excluding carboxylic acids is 1. The van der Waals surface area contributed by atoms with Gasteiger partial charge >= 0.3 is 0 Å². The fourth-order valence-corrected chi connectivity index (χ4v) is 4.16. The summed E-state index contributed by atoms with van der Waals surface area (Å²) in [6.07, 6.45) is 11.6. The molecule has 0 aromatic carbocycles. The highest BCUT2D eigenvalue weighted by atomic mass is 33.1. The summed E-state index contributed by atoms with van der Waals surface area (Å²) >= 11 is 0. The zero-order chi connectivity index (χ0) is 10.1. The molecule has 1 saturated heterocycles. The van der Waals surface area contributed by atoms with E-state index in [-0.39, 0.29) is 5.25 Å². The average molecular weight is 232 g/mol. The largest absolute Gasteiger partial charge is 0.302 e. The van der Waals surface area contributed by atoms with E-state index in [1.54, 1.807) is 10.8 Å². The Morgan fingerprint density at radius 1 is 0.929 bits per heavy atom. The molecule has 0 aliphatic carbocycles. The number of aldehydes is 1. The molecule has 3 heteroatoms. The van der Waals surface area contributed by atoms with Crippen LogP contribution in [0.1, 0.15) is 51.4 Å². The van der Waals surface area contributed by atoms with Crippen molar-refractivity contribution in [3.8, 4) is 0 Å². The first-order valence-corrected chi connectivity index (χ1v) is 8.05. The lowest BCUT2D eigenvalue weighted by atomic mass is 10.1. The highest BCUT2D eigenvalue weighted by Crippen LogP contribution is 2.30. The van der Waals surface area contributed by atoms with Crippen molar-refractivity contribution in [1.29, 1.82) is 0 Å². The Balaban J connectivity index is 2.20. The molecule has 1 aliphatic rings. The van der Waals surface area contributed by atoms with Crippen LogP contribution in [0.3, 0.4) is 0 Å². The molecule has 0 radical (unpaired) electrons. The van der Waals surface area contributed by atoms with E-state index in [4.69, 9.17) is 0 Å². The van der Waals surface area contributed by atoms with E-state index >= 15 is 0 Å². The van der Waals surface area contributed by atoms with Crippen LogP contribution in [-0.4, -0.2) is 17.3 Å². The third-order valence-corrected chi connectivity index (χ3v) is 5.39. The van der Waals surface area contributed by atoms with Gasteiger partial charge in [0.2, 0.25) is 0 Å². The van der Waals surface area contributed by atoms with Crippen LogP contribution in [0.2, 0.25) is 0 Å². The lowest BCUT2D eigenvalue weighted by Crippen LogP contribution is -2.02. The van der Waals surface area contributed by atoms with Crippen molar-refractivity contribution in [2.24, 2.45) is 0 Å². The molecule has 0 spiro atoms. The summed E-state index contributed by atoms with van der Waals surface area (Å²) in [5.74, 6) is 1.22. The Morgan fingerprint density at radius 2 is 1.57 bits per heavy atom. The van der Waals surface area contributed by atoms with Gasteiger partial charge in [0.05, 0.1) is 5.25 Å². The van der Waals surface area contributed by atoms with Gasteiger partial charge < -0.3 is 4.79 Å². The van der Waals surface area contributed by atoms with Crippen LogP contribution >= 0.6 is 21.6 Å². The van der Waals surface area contributed by atoms with Crippen LogP contribution in [0.5, 0.6) is 0 Å². The zero-order valence-electron chi connectivity index (χ0n) is 8.74. The van der Waals surface area contributed by atoms with Crippen molar-refractivity contribution in [1.82, 2.24) is 0 Å². The molecule has 0 bridgehead atoms. The lowest BCUT2D eigenvalue weighted by Gasteiger charge is -2.10. The van der Waals surface area contributed by atoms with Crippen LogP contribution in [-0.2, 0) is 4.79 Å². The fraction of sp³-hybridized carbons (Fsp3) is 0.909. The number of rotatable bonds is 1. The van der Waals surface area contributed by atoms with Gasteiger partial charge in [0.25, 0.3) is 0 Å². The molecule has 14 heavy (non-hydrogen) atoms. The van der Waals surface area contributed by atoms with E-state index in [1.165, 1.54) is 50.7 Å². The summed E-state index contributed by atoms with van der Waals surface area (Å²) < 4.78 is 0. The second-order valence-electron chi connectivity index (χ2n) is 3.86. The van der Waals surface area contributed by atoms with Crippen molar-refractivity contribution < 1.29 is 4.79 Å². The summed E-state index contributed by atoms with van der Waals surface area (Å²) in [5.41, 5.74) is 0. The quantitative estimate of drug-likeness (QED) is 0.501. The Kier molecular flexibility index (Phi) is 7.69. The highest BCUT2D eigenvalue weighted by molar-refractivity contribution is 8.77. The Morgan fingerprint density at radius 3 is 2.29 bits per heavy atom. The van der Waals surface area contributed by atoms with E-state index in [0.29, 0.717) is 0 Å². The van der Waals surface area contributed by atoms with Gasteiger partial charge in [-0.3, -0.25) is 0 Å². The van der Waals surface area contributed by atoms with Gasteiger partial charge in [-0.25, -0.2) is 0 Å². The van der Waals surface area contributed by atoms with E-state index in [0.717, 1.165) is 12.7 Å². The van der Waals surface area contributed by atoms with Gasteiger partial charge in [-0.1, -0.05) is 60.1 Å². The van der Waals surface area contributed by atoms with Crippen LogP contribution in [0, 0.1) is 0 Å². The first-order chi connectivity index (χ1) is 6.93. The number of carbonyl (C=O) groups is 1. The maximum absolute atomic E-state index is 10.7. The molecule has 82 valence electrons. The predicted octanol–water partition coefficient (Wildman–Crippen LogP) is 4.07. The predicted molar refractivity (Wildman–Crippen MR) is 66.8 cm³/mol. The first kappa shape index (κ1) is 12.4. The summed E-state index contributed by atoms with van der Waals surface area (Å²) in [5, 5.41) is 0.249. The highest BCUT2D eigenvalue weighted by Gasteiger charge is 2.08. The first-order valence-electron chi connectivity index (χ1n) is 5.67. The zero-order valence-corrected chi connectivity index (χ0v) is 10.4. The Labute approximate surface area is 95.2 Å². The fourth-order valence-electron chi connectivity index (χ4n) is 1.66. The molecular formula is C11H20OS2. The Hall–Kier alpha value is 0.370. The van der Waals surface area contributed by atoms with Gasteiger partial charge in [0.15, 0.2) is 0 Å². The normalized spacial score (nSPS) is 27.3. The molecule has 0 saturated carbocycles. The van der Waals surface area contributed by atoms with Crippen molar-refractivity contribution in [2.45, 2.75) is 56.6 Å². The Bertz CT molecular complexity index is 138. The minimum Gasteiger partial charge on any atom is -0.302 e. The average Bonchev–Trinajstić information content (AvgIpc) is 2.19. The molecule has 1 unspecified atom stereocenters. The summed E-state index contributed by atoms with van der Waals surface area (Å²) in [4.78, 5) is 10.7. The summed E-state index contributed by atoms with van der Waals surface area (Å²) in [7, 11) is 3.67. The molecule has 0 N–H and O–H groups in total.